The molecule has 2 heterocycles. The summed E-state index contributed by atoms with van der Waals surface area (Å²) in [7, 11) is 0. The number of rotatable bonds is 2. The number of amides is 3. The average molecular weight is 409 g/mol. The molecular formula is C25H19N3O3. The number of aromatic nitrogens is 1. The van der Waals surface area contributed by atoms with Gasteiger partial charge < -0.3 is 0 Å². The highest BCUT2D eigenvalue weighted by atomic mass is 16.2. The van der Waals surface area contributed by atoms with Crippen LogP contribution in [0.2, 0.25) is 0 Å². The number of carbonyl (C=O) groups excluding carboxylic acids is 3. The predicted molar refractivity (Wildman–Crippen MR) is 112 cm³/mol. The van der Waals surface area contributed by atoms with Crippen molar-refractivity contribution in [3.63, 3.8) is 0 Å². The molecule has 0 saturated carbocycles. The van der Waals surface area contributed by atoms with E-state index >= 15 is 0 Å². The van der Waals surface area contributed by atoms with Gasteiger partial charge in [-0.05, 0) is 34.4 Å². The first-order valence-electron chi connectivity index (χ1n) is 10.3. The number of imide groups is 1. The van der Waals surface area contributed by atoms with Crippen molar-refractivity contribution >= 4 is 17.7 Å². The number of hydrazine groups is 1. The summed E-state index contributed by atoms with van der Waals surface area (Å²) in [5.41, 5.74) is 6.54. The Morgan fingerprint density at radius 2 is 1.58 bits per heavy atom. The summed E-state index contributed by atoms with van der Waals surface area (Å²) in [5.74, 6) is -2.56. The lowest BCUT2D eigenvalue weighted by atomic mass is 9.48. The predicted octanol–water partition coefficient (Wildman–Crippen LogP) is 2.79. The van der Waals surface area contributed by atoms with Gasteiger partial charge in [-0.25, -0.2) is 0 Å². The van der Waals surface area contributed by atoms with Crippen molar-refractivity contribution in [2.24, 2.45) is 11.8 Å². The van der Waals surface area contributed by atoms with Gasteiger partial charge in [0, 0.05) is 23.7 Å². The maximum atomic E-state index is 13.6. The Balaban J connectivity index is 1.48. The molecule has 2 atom stereocenters. The van der Waals surface area contributed by atoms with Gasteiger partial charge in [0.2, 0.25) is 0 Å². The van der Waals surface area contributed by atoms with Crippen molar-refractivity contribution in [3.8, 4) is 0 Å². The zero-order valence-electron chi connectivity index (χ0n) is 16.8. The lowest BCUT2D eigenvalue weighted by molar-refractivity contribution is -0.143. The molecule has 31 heavy (non-hydrogen) atoms. The summed E-state index contributed by atoms with van der Waals surface area (Å²) in [5, 5.41) is 0.938. The van der Waals surface area contributed by atoms with Crippen molar-refractivity contribution in [1.29, 1.82) is 0 Å². The summed E-state index contributed by atoms with van der Waals surface area (Å²) in [6, 6.07) is 19.4. The van der Waals surface area contributed by atoms with Gasteiger partial charge in [-0.2, -0.15) is 5.01 Å². The van der Waals surface area contributed by atoms with Crippen molar-refractivity contribution in [1.82, 2.24) is 15.4 Å². The number of nitrogens with one attached hydrogen (secondary N) is 1. The molecule has 2 aromatic carbocycles. The monoisotopic (exact) mass is 409 g/mol. The molecule has 0 spiro atoms. The minimum absolute atomic E-state index is 0.212. The molecule has 1 N–H and O–H groups in total. The first-order chi connectivity index (χ1) is 15.0. The van der Waals surface area contributed by atoms with Crippen molar-refractivity contribution in [2.45, 2.75) is 18.3 Å². The van der Waals surface area contributed by atoms with Crippen LogP contribution in [0.4, 0.5) is 0 Å². The molecule has 6 heteroatoms. The van der Waals surface area contributed by atoms with Crippen LogP contribution < -0.4 is 5.43 Å². The maximum Gasteiger partial charge on any atom is 0.271 e. The van der Waals surface area contributed by atoms with E-state index < -0.39 is 23.2 Å². The molecule has 1 aliphatic heterocycles. The van der Waals surface area contributed by atoms with Crippen LogP contribution in [-0.2, 0) is 15.0 Å². The summed E-state index contributed by atoms with van der Waals surface area (Å²) in [4.78, 5) is 43.8. The van der Waals surface area contributed by atoms with Gasteiger partial charge in [0.15, 0.2) is 0 Å². The Morgan fingerprint density at radius 3 is 2.19 bits per heavy atom. The van der Waals surface area contributed by atoms with E-state index in [4.69, 9.17) is 0 Å². The van der Waals surface area contributed by atoms with Crippen LogP contribution in [-0.4, -0.2) is 27.7 Å². The molecule has 3 amide bonds. The van der Waals surface area contributed by atoms with E-state index in [0.29, 0.717) is 5.56 Å². The summed E-state index contributed by atoms with van der Waals surface area (Å²) < 4.78 is 0. The van der Waals surface area contributed by atoms with Crippen LogP contribution in [0.25, 0.3) is 0 Å². The highest BCUT2D eigenvalue weighted by Gasteiger charge is 2.66. The van der Waals surface area contributed by atoms with Crippen LogP contribution in [0.15, 0.2) is 73.1 Å². The second-order valence-corrected chi connectivity index (χ2v) is 8.55. The van der Waals surface area contributed by atoms with E-state index in [-0.39, 0.29) is 17.7 Å². The van der Waals surface area contributed by atoms with E-state index in [1.54, 1.807) is 18.3 Å². The minimum Gasteiger partial charge on any atom is -0.272 e. The Kier molecular flexibility index (Phi) is 3.55. The number of pyridine rings is 1. The fraction of sp³-hybridized carbons (Fsp3) is 0.200. The van der Waals surface area contributed by atoms with Crippen LogP contribution in [0, 0.1) is 11.8 Å². The zero-order valence-corrected chi connectivity index (χ0v) is 16.8. The van der Waals surface area contributed by atoms with E-state index in [9.17, 15) is 14.4 Å². The first-order valence-corrected chi connectivity index (χ1v) is 10.3. The molecule has 3 aromatic rings. The van der Waals surface area contributed by atoms with Crippen LogP contribution >= 0.6 is 0 Å². The third kappa shape index (κ3) is 2.16. The zero-order chi connectivity index (χ0) is 21.3. The van der Waals surface area contributed by atoms with Crippen molar-refractivity contribution < 1.29 is 14.4 Å². The van der Waals surface area contributed by atoms with Crippen molar-refractivity contribution in [3.05, 3.63) is 101 Å². The maximum absolute atomic E-state index is 13.6. The Morgan fingerprint density at radius 1 is 0.935 bits per heavy atom. The second-order valence-electron chi connectivity index (χ2n) is 8.55. The van der Waals surface area contributed by atoms with Gasteiger partial charge >= 0.3 is 0 Å². The SMILES string of the molecule is CC12c3ccccc3C(c3ccccc31)[C@@H]1C(=O)N(NC(=O)c3cccnc3)C(=O)[C@H]12. The van der Waals surface area contributed by atoms with Crippen LogP contribution in [0.5, 0.6) is 0 Å². The van der Waals surface area contributed by atoms with Gasteiger partial charge in [-0.15, -0.1) is 0 Å². The smallest absolute Gasteiger partial charge is 0.271 e. The second kappa shape index (κ2) is 6.11. The molecule has 1 fully saturated rings. The Labute approximate surface area is 178 Å². The summed E-state index contributed by atoms with van der Waals surface area (Å²) >= 11 is 0. The van der Waals surface area contributed by atoms with Crippen LogP contribution in [0.1, 0.15) is 45.5 Å². The molecule has 1 aromatic heterocycles. The van der Waals surface area contributed by atoms with E-state index in [0.717, 1.165) is 27.3 Å². The van der Waals surface area contributed by atoms with Gasteiger partial charge in [0.05, 0.1) is 17.4 Å². The molecule has 2 bridgehead atoms. The number of benzene rings is 2. The molecule has 7 rings (SSSR count). The number of hydrogen-bond donors (Lipinski definition) is 1. The molecule has 4 aliphatic rings. The largest absolute Gasteiger partial charge is 0.272 e. The van der Waals surface area contributed by atoms with Gasteiger partial charge in [0.1, 0.15) is 0 Å². The highest BCUT2D eigenvalue weighted by molar-refractivity contribution is 6.10. The number of nitrogens with zero attached hydrogens (tertiary/aromatic N) is 2. The standard InChI is InChI=1S/C25H19N3O3/c1-25-17-10-4-2-8-15(17)19(16-9-3-5-11-18(16)25)20-21(25)24(31)28(23(20)30)27-22(29)14-7-6-12-26-13-14/h2-13,19-21H,1H3,(H,27,29)/t19?,20-,21-,25?/m0/s1. The molecule has 1 saturated heterocycles. The topological polar surface area (TPSA) is 79.4 Å². The van der Waals surface area contributed by atoms with Gasteiger partial charge in [0.25, 0.3) is 17.7 Å². The molecule has 0 unspecified atom stereocenters. The molecule has 3 aliphatic carbocycles. The fourth-order valence-corrected chi connectivity index (χ4v) is 5.92. The van der Waals surface area contributed by atoms with E-state index in [2.05, 4.69) is 41.6 Å². The summed E-state index contributed by atoms with van der Waals surface area (Å²) in [6.45, 7) is 2.05. The quantitative estimate of drug-likeness (QED) is 0.660. The van der Waals surface area contributed by atoms with Crippen molar-refractivity contribution in [2.75, 3.05) is 0 Å². The van der Waals surface area contributed by atoms with E-state index in [1.807, 2.05) is 24.3 Å². The third-order valence-corrected chi connectivity index (χ3v) is 7.18. The Bertz CT molecular complexity index is 1220. The van der Waals surface area contributed by atoms with Crippen LogP contribution in [0.3, 0.4) is 0 Å². The van der Waals surface area contributed by atoms with E-state index in [1.165, 1.54) is 6.20 Å². The van der Waals surface area contributed by atoms with Gasteiger partial charge in [-0.1, -0.05) is 55.5 Å². The number of hydrogen-bond acceptors (Lipinski definition) is 4. The fourth-order valence-electron chi connectivity index (χ4n) is 5.92. The van der Waals surface area contributed by atoms with Gasteiger partial charge in [-0.3, -0.25) is 24.8 Å². The Hall–Kier alpha value is -3.80. The molecule has 6 nitrogen and oxygen atoms in total. The third-order valence-electron chi connectivity index (χ3n) is 7.18. The molecule has 152 valence electrons. The number of carbonyl (C=O) groups is 3. The minimum atomic E-state index is -0.646. The lowest BCUT2D eigenvalue weighted by Gasteiger charge is -2.52. The normalized spacial score (nSPS) is 27.5. The first kappa shape index (κ1) is 18.0. The molecular weight excluding hydrogens is 390 g/mol. The average Bonchev–Trinajstić information content (AvgIpc) is 3.06. The lowest BCUT2D eigenvalue weighted by Crippen LogP contribution is -2.52. The highest BCUT2D eigenvalue weighted by Crippen LogP contribution is 2.63. The summed E-state index contributed by atoms with van der Waals surface area (Å²) in [6.07, 6.45) is 2.97. The molecule has 0 radical (unpaired) electrons.